The number of urea groups is 1. The van der Waals surface area contributed by atoms with Gasteiger partial charge >= 0.3 is 6.03 Å². The first-order chi connectivity index (χ1) is 11.8. The first-order valence-electron chi connectivity index (χ1n) is 7.43. The Morgan fingerprint density at radius 3 is 2.80 bits per heavy atom. The van der Waals surface area contributed by atoms with Crippen molar-refractivity contribution in [1.29, 1.82) is 0 Å². The molecule has 1 aromatic heterocycles. The first kappa shape index (κ1) is 17.2. The van der Waals surface area contributed by atoms with Crippen molar-refractivity contribution in [1.82, 2.24) is 15.4 Å². The lowest BCUT2D eigenvalue weighted by atomic mass is 9.92. The van der Waals surface area contributed by atoms with Crippen LogP contribution in [0.1, 0.15) is 18.2 Å². The number of carbonyl (C=O) groups excluding carboxylic acids is 3. The second kappa shape index (κ2) is 6.32. The van der Waals surface area contributed by atoms with Gasteiger partial charge in [-0.05, 0) is 31.5 Å². The molecule has 0 saturated carbocycles. The van der Waals surface area contributed by atoms with Crippen LogP contribution in [0.5, 0.6) is 0 Å². The molecule has 8 nitrogen and oxygen atoms in total. The third kappa shape index (κ3) is 3.27. The summed E-state index contributed by atoms with van der Waals surface area (Å²) in [4.78, 5) is 37.9. The Kier molecular flexibility index (Phi) is 4.34. The molecule has 1 fully saturated rings. The number of hydrogen-bond acceptors (Lipinski definition) is 5. The minimum atomic E-state index is -1.23. The van der Waals surface area contributed by atoms with Crippen molar-refractivity contribution in [3.63, 3.8) is 0 Å². The number of carbonyl (C=O) groups is 3. The fourth-order valence-corrected chi connectivity index (χ4v) is 2.99. The van der Waals surface area contributed by atoms with Crippen LogP contribution < -0.4 is 10.6 Å². The van der Waals surface area contributed by atoms with Crippen LogP contribution in [-0.4, -0.2) is 34.4 Å². The monoisotopic (exact) mass is 406 g/mol. The number of amides is 4. The van der Waals surface area contributed by atoms with E-state index in [1.807, 2.05) is 6.07 Å². The normalized spacial score (nSPS) is 19.9. The summed E-state index contributed by atoms with van der Waals surface area (Å²) in [7, 11) is 0. The van der Waals surface area contributed by atoms with Crippen molar-refractivity contribution in [2.75, 3.05) is 11.9 Å². The Hall–Kier alpha value is -2.68. The van der Waals surface area contributed by atoms with Crippen molar-refractivity contribution in [3.05, 3.63) is 46.1 Å². The van der Waals surface area contributed by atoms with Crippen molar-refractivity contribution in [3.8, 4) is 0 Å². The van der Waals surface area contributed by atoms with Crippen LogP contribution in [0, 0.1) is 6.92 Å². The predicted molar refractivity (Wildman–Crippen MR) is 91.6 cm³/mol. The third-order valence-corrected chi connectivity index (χ3v) is 4.37. The van der Waals surface area contributed by atoms with Crippen molar-refractivity contribution in [2.24, 2.45) is 0 Å². The third-order valence-electron chi connectivity index (χ3n) is 3.87. The summed E-state index contributed by atoms with van der Waals surface area (Å²) in [6.45, 7) is 2.87. The minimum absolute atomic E-state index is 0.226. The van der Waals surface area contributed by atoms with Crippen LogP contribution in [0.2, 0.25) is 0 Å². The molecule has 2 N–H and O–H groups in total. The summed E-state index contributed by atoms with van der Waals surface area (Å²) in [6.07, 6.45) is 0. The van der Waals surface area contributed by atoms with Gasteiger partial charge in [-0.25, -0.2) is 4.79 Å². The molecule has 0 radical (unpaired) electrons. The number of nitrogens with one attached hydrogen (secondary N) is 2. The zero-order valence-electron chi connectivity index (χ0n) is 13.5. The summed E-state index contributed by atoms with van der Waals surface area (Å²) >= 11 is 3.35. The molecule has 3 rings (SSSR count). The highest BCUT2D eigenvalue weighted by Gasteiger charge is 2.49. The molecule has 9 heteroatoms. The molecule has 4 amide bonds. The maximum Gasteiger partial charge on any atom is 0.325 e. The molecule has 130 valence electrons. The van der Waals surface area contributed by atoms with E-state index in [4.69, 9.17) is 4.52 Å². The van der Waals surface area contributed by atoms with Gasteiger partial charge < -0.3 is 15.2 Å². The zero-order valence-corrected chi connectivity index (χ0v) is 15.1. The van der Waals surface area contributed by atoms with E-state index in [9.17, 15) is 14.4 Å². The predicted octanol–water partition coefficient (Wildman–Crippen LogP) is 2.15. The molecular weight excluding hydrogens is 392 g/mol. The summed E-state index contributed by atoms with van der Waals surface area (Å²) in [6, 6.07) is 7.99. The quantitative estimate of drug-likeness (QED) is 0.756. The second-order valence-corrected chi connectivity index (χ2v) is 6.74. The lowest BCUT2D eigenvalue weighted by molar-refractivity contribution is -0.133. The number of benzene rings is 1. The number of halogens is 1. The topological polar surface area (TPSA) is 105 Å². The van der Waals surface area contributed by atoms with Gasteiger partial charge in [0.1, 0.15) is 17.8 Å². The molecule has 1 atom stereocenters. The van der Waals surface area contributed by atoms with E-state index in [0.717, 1.165) is 9.37 Å². The standard InChI is InChI=1S/C16H15BrN4O4/c1-9-6-12(20-25-9)18-13(22)8-21-14(23)16(2,19-15(21)24)10-4-3-5-11(17)7-10/h3-7H,8H2,1-2H3,(H,19,24)(H,18,20,22). The molecule has 1 saturated heterocycles. The molecule has 1 aromatic carbocycles. The molecule has 1 aliphatic heterocycles. The van der Waals surface area contributed by atoms with E-state index in [1.165, 1.54) is 6.07 Å². The number of anilines is 1. The van der Waals surface area contributed by atoms with Gasteiger partial charge in [-0.3, -0.25) is 14.5 Å². The van der Waals surface area contributed by atoms with Crippen LogP contribution in [0.3, 0.4) is 0 Å². The number of aryl methyl sites for hydroxylation is 1. The highest BCUT2D eigenvalue weighted by molar-refractivity contribution is 9.10. The Bertz CT molecular complexity index is 865. The zero-order chi connectivity index (χ0) is 18.2. The van der Waals surface area contributed by atoms with Gasteiger partial charge in [0.15, 0.2) is 5.82 Å². The van der Waals surface area contributed by atoms with Crippen LogP contribution in [0.4, 0.5) is 10.6 Å². The van der Waals surface area contributed by atoms with Gasteiger partial charge in [-0.2, -0.15) is 0 Å². The van der Waals surface area contributed by atoms with Gasteiger partial charge in [-0.1, -0.05) is 33.2 Å². The molecule has 2 heterocycles. The van der Waals surface area contributed by atoms with Gasteiger partial charge in [-0.15, -0.1) is 0 Å². The molecule has 0 spiro atoms. The van der Waals surface area contributed by atoms with Crippen molar-refractivity contribution in [2.45, 2.75) is 19.4 Å². The second-order valence-electron chi connectivity index (χ2n) is 5.83. The molecule has 0 aliphatic carbocycles. The Morgan fingerprint density at radius 2 is 2.16 bits per heavy atom. The Labute approximate surface area is 151 Å². The van der Waals surface area contributed by atoms with Crippen molar-refractivity contribution < 1.29 is 18.9 Å². The molecule has 2 aromatic rings. The van der Waals surface area contributed by atoms with E-state index < -0.39 is 29.9 Å². The van der Waals surface area contributed by atoms with Crippen molar-refractivity contribution >= 4 is 39.6 Å². The number of nitrogens with zero attached hydrogens (tertiary/aromatic N) is 2. The number of rotatable bonds is 4. The summed E-state index contributed by atoms with van der Waals surface area (Å²) in [5.41, 5.74) is -0.610. The smallest absolute Gasteiger partial charge is 0.325 e. The summed E-state index contributed by atoms with van der Waals surface area (Å²) in [5, 5.41) is 8.77. The van der Waals surface area contributed by atoms with Gasteiger partial charge in [0.2, 0.25) is 5.91 Å². The highest BCUT2D eigenvalue weighted by Crippen LogP contribution is 2.30. The number of hydrogen-bond donors (Lipinski definition) is 2. The van der Waals surface area contributed by atoms with E-state index in [0.29, 0.717) is 11.3 Å². The molecule has 0 bridgehead atoms. The van der Waals surface area contributed by atoms with Gasteiger partial charge in [0.25, 0.3) is 5.91 Å². The van der Waals surface area contributed by atoms with Gasteiger partial charge in [0.05, 0.1) is 0 Å². The maximum absolute atomic E-state index is 12.8. The lowest BCUT2D eigenvalue weighted by Crippen LogP contribution is -2.42. The van der Waals surface area contributed by atoms with Crippen LogP contribution in [0.25, 0.3) is 0 Å². The fourth-order valence-electron chi connectivity index (χ4n) is 2.59. The minimum Gasteiger partial charge on any atom is -0.360 e. The van der Waals surface area contributed by atoms with E-state index >= 15 is 0 Å². The molecule has 1 aliphatic rings. The fraction of sp³-hybridized carbons (Fsp3) is 0.250. The molecule has 25 heavy (non-hydrogen) atoms. The average molecular weight is 407 g/mol. The SMILES string of the molecule is Cc1cc(NC(=O)CN2C(=O)NC(C)(c3cccc(Br)c3)C2=O)no1. The summed E-state index contributed by atoms with van der Waals surface area (Å²) < 4.78 is 5.63. The summed E-state index contributed by atoms with van der Waals surface area (Å²) in [5.74, 6) is -0.283. The highest BCUT2D eigenvalue weighted by atomic mass is 79.9. The number of aromatic nitrogens is 1. The maximum atomic E-state index is 12.8. The Balaban J connectivity index is 1.76. The average Bonchev–Trinajstić information content (AvgIpc) is 3.04. The molecule has 1 unspecified atom stereocenters. The van der Waals surface area contributed by atoms with E-state index in [2.05, 4.69) is 31.7 Å². The van der Waals surface area contributed by atoms with E-state index in [-0.39, 0.29) is 5.82 Å². The van der Waals surface area contributed by atoms with Gasteiger partial charge in [0, 0.05) is 10.5 Å². The van der Waals surface area contributed by atoms with Crippen LogP contribution in [-0.2, 0) is 15.1 Å². The largest absolute Gasteiger partial charge is 0.360 e. The van der Waals surface area contributed by atoms with E-state index in [1.54, 1.807) is 32.0 Å². The number of imide groups is 1. The lowest BCUT2D eigenvalue weighted by Gasteiger charge is -2.22. The Morgan fingerprint density at radius 1 is 1.40 bits per heavy atom. The first-order valence-corrected chi connectivity index (χ1v) is 8.22. The molecular formula is C16H15BrN4O4. The van der Waals surface area contributed by atoms with Crippen LogP contribution >= 0.6 is 15.9 Å². The van der Waals surface area contributed by atoms with Crippen LogP contribution in [0.15, 0.2) is 39.3 Å².